The molecule has 1 fully saturated rings. The number of hydrogen-bond acceptors (Lipinski definition) is 7. The van der Waals surface area contributed by atoms with Gasteiger partial charge in [-0.15, -0.1) is 0 Å². The largest absolute Gasteiger partial charge is 0.397 e. The molecule has 46 heavy (non-hydrogen) atoms. The Labute approximate surface area is 278 Å². The van der Waals surface area contributed by atoms with Crippen molar-refractivity contribution in [1.29, 1.82) is 0 Å². The number of benzene rings is 2. The molecule has 14 heteroatoms. The summed E-state index contributed by atoms with van der Waals surface area (Å²) < 4.78 is 34.3. The highest BCUT2D eigenvalue weighted by atomic mass is 35.5. The summed E-state index contributed by atoms with van der Waals surface area (Å²) in [6.45, 7) is 12.0. The van der Waals surface area contributed by atoms with Crippen molar-refractivity contribution in [2.45, 2.75) is 45.7 Å². The second kappa shape index (κ2) is 11.7. The van der Waals surface area contributed by atoms with Gasteiger partial charge in [0.15, 0.2) is 11.6 Å². The van der Waals surface area contributed by atoms with E-state index in [-0.39, 0.29) is 61.3 Å². The van der Waals surface area contributed by atoms with Crippen LogP contribution in [0.1, 0.15) is 38.1 Å². The number of aryl methyl sites for hydroxylation is 1. The number of carbonyl (C=O) groups excluding carboxylic acids is 1. The van der Waals surface area contributed by atoms with Gasteiger partial charge >= 0.3 is 0 Å². The molecule has 0 aliphatic carbocycles. The molecule has 2 aromatic heterocycles. The number of aromatic nitrogens is 3. The molecule has 4 aromatic rings. The normalized spacial score (nSPS) is 17.6. The fourth-order valence-corrected chi connectivity index (χ4v) is 7.28. The zero-order valence-electron chi connectivity index (χ0n) is 25.4. The molecule has 2 aliphatic rings. The van der Waals surface area contributed by atoms with Gasteiger partial charge in [-0.25, -0.2) is 18.7 Å². The van der Waals surface area contributed by atoms with E-state index in [1.54, 1.807) is 11.8 Å². The third-order valence-electron chi connectivity index (χ3n) is 8.69. The SMILES string of the molecule is C=CC(=O)N1CC2CNc3c(c4cc(Cl)c(-c5c(N)c(Cl)cc(Cl)c5F)c(F)c4n(-c4c(C)ncnc4C(C)C)c3=O)N2CC1C. The van der Waals surface area contributed by atoms with E-state index >= 15 is 8.78 Å². The maximum absolute atomic E-state index is 17.4. The fourth-order valence-electron chi connectivity index (χ4n) is 6.53. The van der Waals surface area contributed by atoms with E-state index in [0.29, 0.717) is 42.4 Å². The number of nitrogens with one attached hydrogen (secondary N) is 1. The number of fused-ring (bicyclic) bond motifs is 5. The molecule has 6 rings (SSSR count). The maximum Gasteiger partial charge on any atom is 0.281 e. The monoisotopic (exact) mass is 687 g/mol. The van der Waals surface area contributed by atoms with Gasteiger partial charge in [0.2, 0.25) is 5.91 Å². The molecule has 0 saturated carbocycles. The highest BCUT2D eigenvalue weighted by Crippen LogP contribution is 2.48. The van der Waals surface area contributed by atoms with Gasteiger partial charge in [0.25, 0.3) is 5.56 Å². The van der Waals surface area contributed by atoms with Crippen LogP contribution < -0.4 is 21.5 Å². The van der Waals surface area contributed by atoms with Gasteiger partial charge in [0, 0.05) is 42.2 Å². The zero-order valence-corrected chi connectivity index (χ0v) is 27.7. The number of nitrogens with zero attached hydrogens (tertiary/aromatic N) is 5. The van der Waals surface area contributed by atoms with Crippen molar-refractivity contribution in [2.75, 3.05) is 35.6 Å². The van der Waals surface area contributed by atoms with Gasteiger partial charge in [-0.1, -0.05) is 55.2 Å². The van der Waals surface area contributed by atoms with E-state index in [9.17, 15) is 9.59 Å². The van der Waals surface area contributed by atoms with Crippen molar-refractivity contribution in [1.82, 2.24) is 19.4 Å². The van der Waals surface area contributed by atoms with Gasteiger partial charge in [-0.05, 0) is 38.0 Å². The van der Waals surface area contributed by atoms with Crippen molar-refractivity contribution >= 4 is 68.7 Å². The highest BCUT2D eigenvalue weighted by Gasteiger charge is 2.40. The Bertz CT molecular complexity index is 2010. The van der Waals surface area contributed by atoms with E-state index in [0.717, 1.165) is 6.07 Å². The van der Waals surface area contributed by atoms with Crippen molar-refractivity contribution in [3.8, 4) is 16.8 Å². The fraction of sp³-hybridized carbons (Fsp3) is 0.312. The molecule has 4 heterocycles. The Morgan fingerprint density at radius 2 is 1.80 bits per heavy atom. The number of hydrogen-bond donors (Lipinski definition) is 2. The van der Waals surface area contributed by atoms with Crippen LogP contribution in [0.4, 0.5) is 25.8 Å². The first-order valence-corrected chi connectivity index (χ1v) is 15.7. The van der Waals surface area contributed by atoms with Gasteiger partial charge in [-0.2, -0.15) is 0 Å². The van der Waals surface area contributed by atoms with Crippen LogP contribution in [0.3, 0.4) is 0 Å². The molecular formula is C32H30Cl3F2N7O2. The number of nitrogen functional groups attached to an aromatic ring is 1. The Hall–Kier alpha value is -3.93. The number of anilines is 3. The van der Waals surface area contributed by atoms with Crippen LogP contribution in [0.2, 0.25) is 15.1 Å². The third kappa shape index (κ3) is 4.78. The van der Waals surface area contributed by atoms with Crippen molar-refractivity contribution in [2.24, 2.45) is 0 Å². The van der Waals surface area contributed by atoms with Gasteiger partial charge < -0.3 is 20.9 Å². The molecule has 0 spiro atoms. The number of pyridine rings is 1. The molecule has 2 atom stereocenters. The number of halogens is 5. The van der Waals surface area contributed by atoms with Crippen LogP contribution in [-0.4, -0.2) is 57.1 Å². The van der Waals surface area contributed by atoms with Crippen molar-refractivity contribution in [3.05, 3.63) is 79.6 Å². The van der Waals surface area contributed by atoms with Gasteiger partial charge in [0.05, 0.1) is 55.1 Å². The predicted molar refractivity (Wildman–Crippen MR) is 180 cm³/mol. The first kappa shape index (κ1) is 32.0. The Morgan fingerprint density at radius 3 is 2.48 bits per heavy atom. The van der Waals surface area contributed by atoms with Crippen molar-refractivity contribution < 1.29 is 13.6 Å². The third-order valence-corrected chi connectivity index (χ3v) is 9.57. The number of rotatable bonds is 4. The lowest BCUT2D eigenvalue weighted by Crippen LogP contribution is -2.62. The van der Waals surface area contributed by atoms with E-state index < -0.39 is 28.3 Å². The summed E-state index contributed by atoms with van der Waals surface area (Å²) in [5.41, 5.74) is 6.19. The van der Waals surface area contributed by atoms with Crippen LogP contribution >= 0.6 is 34.8 Å². The maximum atomic E-state index is 17.4. The summed E-state index contributed by atoms with van der Waals surface area (Å²) in [7, 11) is 0. The topological polar surface area (TPSA) is 109 Å². The van der Waals surface area contributed by atoms with E-state index in [1.165, 1.54) is 23.0 Å². The minimum Gasteiger partial charge on any atom is -0.397 e. The number of amides is 1. The number of carbonyl (C=O) groups is 1. The molecule has 2 unspecified atom stereocenters. The van der Waals surface area contributed by atoms with E-state index in [4.69, 9.17) is 40.5 Å². The van der Waals surface area contributed by atoms with E-state index in [2.05, 4.69) is 21.9 Å². The zero-order chi connectivity index (χ0) is 33.4. The molecule has 9 nitrogen and oxygen atoms in total. The molecular weight excluding hydrogens is 659 g/mol. The van der Waals surface area contributed by atoms with E-state index in [1.807, 2.05) is 25.7 Å². The Balaban J connectivity index is 1.76. The van der Waals surface area contributed by atoms with Crippen LogP contribution in [0, 0.1) is 18.6 Å². The van der Waals surface area contributed by atoms with Crippen LogP contribution in [0.5, 0.6) is 0 Å². The van der Waals surface area contributed by atoms with Crippen molar-refractivity contribution in [3.63, 3.8) is 0 Å². The summed E-state index contributed by atoms with van der Waals surface area (Å²) in [4.78, 5) is 39.8. The minimum absolute atomic E-state index is 0.0952. The summed E-state index contributed by atoms with van der Waals surface area (Å²) in [5, 5.41) is 2.87. The van der Waals surface area contributed by atoms with Gasteiger partial charge in [-0.3, -0.25) is 14.2 Å². The minimum atomic E-state index is -1.02. The smallest absolute Gasteiger partial charge is 0.281 e. The van der Waals surface area contributed by atoms with Gasteiger partial charge in [0.1, 0.15) is 12.0 Å². The van der Waals surface area contributed by atoms with Crippen LogP contribution in [0.25, 0.3) is 27.7 Å². The highest BCUT2D eigenvalue weighted by molar-refractivity contribution is 6.38. The number of piperazine rings is 1. The first-order valence-electron chi connectivity index (χ1n) is 14.6. The molecule has 240 valence electrons. The average Bonchev–Trinajstić information content (AvgIpc) is 3.01. The molecule has 1 amide bonds. The summed E-state index contributed by atoms with van der Waals surface area (Å²) in [6, 6.07) is 2.09. The molecule has 2 aliphatic heterocycles. The quantitative estimate of drug-likeness (QED) is 0.139. The standard InChI is InChI=1S/C32H30Cl3F2N7O2/c1-6-21(45)42-11-16-9-39-28-31(43(16)10-14(42)4)17-7-18(33)22(23-24(36)19(34)8-20(35)26(23)38)25(37)30(17)44(32(28)46)29-15(5)40-12-41-27(29)13(2)3/h6-8,12-14,16,39H,1,9-11,38H2,2-5H3. The lowest BCUT2D eigenvalue weighted by molar-refractivity contribution is -0.128. The second-order valence-electron chi connectivity index (χ2n) is 11.8. The summed E-state index contributed by atoms with van der Waals surface area (Å²) in [5.74, 6) is -2.42. The van der Waals surface area contributed by atoms with Crippen LogP contribution in [-0.2, 0) is 4.79 Å². The molecule has 2 aromatic carbocycles. The predicted octanol–water partition coefficient (Wildman–Crippen LogP) is 6.72. The Kier molecular flexibility index (Phi) is 8.15. The number of nitrogens with two attached hydrogens (primary N) is 1. The summed E-state index contributed by atoms with van der Waals surface area (Å²) in [6.07, 6.45) is 2.65. The molecule has 3 N–H and O–H groups in total. The Morgan fingerprint density at radius 1 is 1.09 bits per heavy atom. The lowest BCUT2D eigenvalue weighted by atomic mass is 9.96. The average molecular weight is 689 g/mol. The second-order valence-corrected chi connectivity index (χ2v) is 13.1. The lowest BCUT2D eigenvalue weighted by Gasteiger charge is -2.49. The molecule has 1 saturated heterocycles. The summed E-state index contributed by atoms with van der Waals surface area (Å²) >= 11 is 19.2. The van der Waals surface area contributed by atoms with Crippen LogP contribution in [0.15, 0.2) is 35.9 Å². The first-order chi connectivity index (χ1) is 21.8. The molecule has 0 bridgehead atoms. The molecule has 0 radical (unpaired) electrons.